The zero-order chi connectivity index (χ0) is 14.5. The van der Waals surface area contributed by atoms with Gasteiger partial charge in [-0.3, -0.25) is 10.1 Å². The summed E-state index contributed by atoms with van der Waals surface area (Å²) in [6.07, 6.45) is 7.44. The molecule has 0 bridgehead atoms. The number of nitro benzene ring substituents is 1. The van der Waals surface area contributed by atoms with Crippen molar-refractivity contribution in [2.24, 2.45) is 0 Å². The minimum atomic E-state index is -0.640. The smallest absolute Gasteiger partial charge is 0.271 e. The standard InChI is InChI=1S/C15H16N2O3/c1-14(2)12-7-6-11(17(18)19)10-13(12)16(3)15(14)8-4-5-9-20-15/h4-10H,1-3H3. The van der Waals surface area contributed by atoms with Crippen molar-refractivity contribution >= 4 is 11.4 Å². The third kappa shape index (κ3) is 1.37. The number of hydrogen-bond donors (Lipinski definition) is 0. The lowest BCUT2D eigenvalue weighted by Gasteiger charge is -2.43. The molecule has 1 atom stereocenters. The highest BCUT2D eigenvalue weighted by molar-refractivity contribution is 5.70. The Balaban J connectivity index is 2.20. The van der Waals surface area contributed by atoms with Gasteiger partial charge in [0.15, 0.2) is 0 Å². The molecule has 104 valence electrons. The lowest BCUT2D eigenvalue weighted by molar-refractivity contribution is -0.384. The maximum atomic E-state index is 11.0. The third-order valence-corrected chi connectivity index (χ3v) is 4.38. The highest BCUT2D eigenvalue weighted by atomic mass is 16.6. The van der Waals surface area contributed by atoms with E-state index in [-0.39, 0.29) is 16.0 Å². The highest BCUT2D eigenvalue weighted by Crippen LogP contribution is 2.53. The van der Waals surface area contributed by atoms with Gasteiger partial charge in [0.1, 0.15) is 0 Å². The van der Waals surface area contributed by atoms with Gasteiger partial charge in [-0.25, -0.2) is 0 Å². The van der Waals surface area contributed by atoms with Gasteiger partial charge in [-0.05, 0) is 37.6 Å². The van der Waals surface area contributed by atoms with Gasteiger partial charge >= 0.3 is 0 Å². The lowest BCUT2D eigenvalue weighted by Crippen LogP contribution is -2.54. The van der Waals surface area contributed by atoms with Crippen LogP contribution in [-0.2, 0) is 10.2 Å². The van der Waals surface area contributed by atoms with Crippen LogP contribution < -0.4 is 4.90 Å². The summed E-state index contributed by atoms with van der Waals surface area (Å²) >= 11 is 0. The predicted octanol–water partition coefficient (Wildman–Crippen LogP) is 3.12. The molecular formula is C15H16N2O3. The maximum absolute atomic E-state index is 11.0. The molecule has 5 nitrogen and oxygen atoms in total. The minimum Gasteiger partial charge on any atom is -0.471 e. The Kier molecular flexibility index (Phi) is 2.45. The molecule has 0 amide bonds. The van der Waals surface area contributed by atoms with E-state index in [1.165, 1.54) is 0 Å². The van der Waals surface area contributed by atoms with Gasteiger partial charge in [-0.1, -0.05) is 6.08 Å². The summed E-state index contributed by atoms with van der Waals surface area (Å²) in [7, 11) is 1.90. The number of fused-ring (bicyclic) bond motifs is 1. The summed E-state index contributed by atoms with van der Waals surface area (Å²) in [6, 6.07) is 4.99. The fourth-order valence-electron chi connectivity index (χ4n) is 3.19. The van der Waals surface area contributed by atoms with Gasteiger partial charge in [-0.15, -0.1) is 0 Å². The molecule has 0 fully saturated rings. The second-order valence-electron chi connectivity index (χ2n) is 5.64. The Morgan fingerprint density at radius 1 is 1.30 bits per heavy atom. The predicted molar refractivity (Wildman–Crippen MR) is 76.6 cm³/mol. The van der Waals surface area contributed by atoms with Gasteiger partial charge in [0, 0.05) is 19.2 Å². The molecule has 1 aromatic rings. The molecule has 5 heteroatoms. The number of nitrogens with zero attached hydrogens (tertiary/aromatic N) is 2. The van der Waals surface area contributed by atoms with Crippen molar-refractivity contribution in [1.29, 1.82) is 0 Å². The lowest BCUT2D eigenvalue weighted by atomic mass is 9.77. The van der Waals surface area contributed by atoms with Crippen LogP contribution >= 0.6 is 0 Å². The number of anilines is 1. The van der Waals surface area contributed by atoms with E-state index in [4.69, 9.17) is 4.74 Å². The number of benzene rings is 1. The monoisotopic (exact) mass is 272 g/mol. The van der Waals surface area contributed by atoms with E-state index < -0.39 is 5.72 Å². The number of nitro groups is 1. The number of rotatable bonds is 1. The molecular weight excluding hydrogens is 256 g/mol. The van der Waals surface area contributed by atoms with Crippen molar-refractivity contribution in [3.63, 3.8) is 0 Å². The van der Waals surface area contributed by atoms with Crippen LogP contribution in [0.1, 0.15) is 19.4 Å². The van der Waals surface area contributed by atoms with E-state index in [2.05, 4.69) is 13.8 Å². The van der Waals surface area contributed by atoms with Crippen molar-refractivity contribution in [3.05, 3.63) is 58.4 Å². The normalized spacial score (nSPS) is 25.6. The van der Waals surface area contributed by atoms with Crippen molar-refractivity contribution in [2.45, 2.75) is 25.0 Å². The first-order valence-electron chi connectivity index (χ1n) is 6.45. The third-order valence-electron chi connectivity index (χ3n) is 4.38. The molecule has 2 aliphatic heterocycles. The fraction of sp³-hybridized carbons (Fsp3) is 0.333. The van der Waals surface area contributed by atoms with E-state index >= 15 is 0 Å². The van der Waals surface area contributed by atoms with Crippen molar-refractivity contribution in [2.75, 3.05) is 11.9 Å². The molecule has 0 aromatic heterocycles. The second-order valence-corrected chi connectivity index (χ2v) is 5.64. The summed E-state index contributed by atoms with van der Waals surface area (Å²) in [6.45, 7) is 4.18. The van der Waals surface area contributed by atoms with Gasteiger partial charge in [0.25, 0.3) is 5.69 Å². The molecule has 0 aliphatic carbocycles. The van der Waals surface area contributed by atoms with Gasteiger partial charge in [0.2, 0.25) is 5.72 Å². The zero-order valence-electron chi connectivity index (χ0n) is 11.7. The summed E-state index contributed by atoms with van der Waals surface area (Å²) in [5, 5.41) is 11.0. The number of non-ortho nitro benzene ring substituents is 1. The Labute approximate surface area is 117 Å². The molecule has 0 N–H and O–H groups in total. The Morgan fingerprint density at radius 2 is 2.05 bits per heavy atom. The van der Waals surface area contributed by atoms with E-state index in [9.17, 15) is 10.1 Å². The molecule has 20 heavy (non-hydrogen) atoms. The Hall–Kier alpha value is -2.30. The van der Waals surface area contributed by atoms with Crippen LogP contribution in [0.15, 0.2) is 42.7 Å². The largest absolute Gasteiger partial charge is 0.471 e. The first kappa shape index (κ1) is 12.7. The first-order chi connectivity index (χ1) is 9.40. The fourth-order valence-corrected chi connectivity index (χ4v) is 3.19. The average molecular weight is 272 g/mol. The quantitative estimate of drug-likeness (QED) is 0.582. The average Bonchev–Trinajstić information content (AvgIpc) is 2.59. The van der Waals surface area contributed by atoms with Gasteiger partial charge < -0.3 is 9.64 Å². The summed E-state index contributed by atoms with van der Waals surface area (Å²) in [4.78, 5) is 12.6. The zero-order valence-corrected chi connectivity index (χ0v) is 11.7. The highest BCUT2D eigenvalue weighted by Gasteiger charge is 2.56. The van der Waals surface area contributed by atoms with E-state index in [1.807, 2.05) is 36.2 Å². The number of ether oxygens (including phenoxy) is 1. The van der Waals surface area contributed by atoms with Crippen LogP contribution in [-0.4, -0.2) is 17.7 Å². The molecule has 1 aromatic carbocycles. The number of likely N-dealkylation sites (N-methyl/N-ethyl adjacent to an activating group) is 1. The van der Waals surface area contributed by atoms with Crippen LogP contribution in [0.3, 0.4) is 0 Å². The molecule has 0 radical (unpaired) electrons. The SMILES string of the molecule is CN1c2cc([N+](=O)[O-])ccc2C(C)(C)C12C=CC=CO2. The van der Waals surface area contributed by atoms with Crippen LogP contribution in [0.5, 0.6) is 0 Å². The molecule has 0 saturated carbocycles. The van der Waals surface area contributed by atoms with Crippen molar-refractivity contribution in [1.82, 2.24) is 0 Å². The van der Waals surface area contributed by atoms with Crippen LogP contribution in [0, 0.1) is 10.1 Å². The molecule has 3 rings (SSSR count). The second kappa shape index (κ2) is 3.85. The van der Waals surface area contributed by atoms with Gasteiger partial charge in [-0.2, -0.15) is 0 Å². The van der Waals surface area contributed by atoms with E-state index in [0.717, 1.165) is 11.3 Å². The van der Waals surface area contributed by atoms with Crippen LogP contribution in [0.4, 0.5) is 11.4 Å². The van der Waals surface area contributed by atoms with E-state index in [1.54, 1.807) is 18.4 Å². The molecule has 2 aliphatic rings. The summed E-state index contributed by atoms with van der Waals surface area (Å²) in [5.74, 6) is 0. The van der Waals surface area contributed by atoms with Gasteiger partial charge in [0.05, 0.1) is 22.3 Å². The van der Waals surface area contributed by atoms with Crippen molar-refractivity contribution < 1.29 is 9.66 Å². The van der Waals surface area contributed by atoms with E-state index in [0.29, 0.717) is 0 Å². The summed E-state index contributed by atoms with van der Waals surface area (Å²) < 4.78 is 5.93. The first-order valence-corrected chi connectivity index (χ1v) is 6.45. The maximum Gasteiger partial charge on any atom is 0.271 e. The molecule has 0 saturated heterocycles. The number of allylic oxidation sites excluding steroid dienone is 2. The number of hydrogen-bond acceptors (Lipinski definition) is 4. The van der Waals surface area contributed by atoms with Crippen LogP contribution in [0.2, 0.25) is 0 Å². The van der Waals surface area contributed by atoms with Crippen molar-refractivity contribution in [3.8, 4) is 0 Å². The molecule has 1 unspecified atom stereocenters. The Morgan fingerprint density at radius 3 is 2.65 bits per heavy atom. The van der Waals surface area contributed by atoms with Crippen LogP contribution in [0.25, 0.3) is 0 Å². The minimum absolute atomic E-state index is 0.0961. The summed E-state index contributed by atoms with van der Waals surface area (Å²) in [5.41, 5.74) is 1.03. The topological polar surface area (TPSA) is 55.6 Å². The molecule has 2 heterocycles. The Bertz CT molecular complexity index is 649. The molecule has 1 spiro atoms.